The maximum absolute atomic E-state index is 12.6. The molecule has 6 nitrogen and oxygen atoms in total. The van der Waals surface area contributed by atoms with Gasteiger partial charge < -0.3 is 14.8 Å². The first-order chi connectivity index (χ1) is 11.9. The summed E-state index contributed by atoms with van der Waals surface area (Å²) in [5, 5.41) is 2.83. The molecule has 1 aliphatic rings. The molecular formula is C18H19NO5S. The van der Waals surface area contributed by atoms with Gasteiger partial charge >= 0.3 is 0 Å². The van der Waals surface area contributed by atoms with Crippen molar-refractivity contribution in [1.82, 2.24) is 5.32 Å². The maximum atomic E-state index is 12.6. The van der Waals surface area contributed by atoms with E-state index < -0.39 is 15.7 Å². The van der Waals surface area contributed by atoms with Crippen LogP contribution in [0, 0.1) is 0 Å². The Hall–Kier alpha value is -2.54. The van der Waals surface area contributed by atoms with Crippen LogP contribution in [0.4, 0.5) is 0 Å². The number of ether oxygens (including phenoxy) is 2. The van der Waals surface area contributed by atoms with Crippen molar-refractivity contribution in [3.8, 4) is 11.5 Å². The summed E-state index contributed by atoms with van der Waals surface area (Å²) < 4.78 is 34.8. The van der Waals surface area contributed by atoms with Crippen LogP contribution in [0.5, 0.6) is 11.5 Å². The molecule has 1 heterocycles. The van der Waals surface area contributed by atoms with Gasteiger partial charge in [-0.2, -0.15) is 0 Å². The number of carbonyl (C=O) groups is 1. The van der Waals surface area contributed by atoms with Gasteiger partial charge in [0, 0.05) is 6.26 Å². The topological polar surface area (TPSA) is 81.7 Å². The molecular weight excluding hydrogens is 342 g/mol. The van der Waals surface area contributed by atoms with Crippen molar-refractivity contribution in [2.45, 2.75) is 17.9 Å². The van der Waals surface area contributed by atoms with E-state index in [-0.39, 0.29) is 16.5 Å². The van der Waals surface area contributed by atoms with Gasteiger partial charge in [-0.05, 0) is 36.8 Å². The summed E-state index contributed by atoms with van der Waals surface area (Å²) in [5.41, 5.74) is 0.976. The fourth-order valence-corrected chi connectivity index (χ4v) is 3.55. The fraction of sp³-hybridized carbons (Fsp3) is 0.278. The van der Waals surface area contributed by atoms with Gasteiger partial charge in [-0.3, -0.25) is 4.79 Å². The Bertz CT molecular complexity index is 907. The molecule has 25 heavy (non-hydrogen) atoms. The predicted molar refractivity (Wildman–Crippen MR) is 92.9 cm³/mol. The van der Waals surface area contributed by atoms with Gasteiger partial charge in [0.15, 0.2) is 21.3 Å². The van der Waals surface area contributed by atoms with E-state index in [1.54, 1.807) is 18.2 Å². The highest BCUT2D eigenvalue weighted by atomic mass is 32.2. The molecule has 0 saturated heterocycles. The maximum Gasteiger partial charge on any atom is 0.253 e. The van der Waals surface area contributed by atoms with E-state index in [1.807, 2.05) is 19.1 Å². The molecule has 0 fully saturated rings. The van der Waals surface area contributed by atoms with Crippen LogP contribution in [-0.2, 0) is 9.84 Å². The van der Waals surface area contributed by atoms with E-state index in [2.05, 4.69) is 5.32 Å². The molecule has 1 aliphatic heterocycles. The van der Waals surface area contributed by atoms with E-state index in [0.29, 0.717) is 24.7 Å². The average molecular weight is 361 g/mol. The van der Waals surface area contributed by atoms with Crippen LogP contribution in [0.15, 0.2) is 47.4 Å². The quantitative estimate of drug-likeness (QED) is 0.904. The van der Waals surface area contributed by atoms with E-state index in [1.165, 1.54) is 12.1 Å². The largest absolute Gasteiger partial charge is 0.486 e. The summed E-state index contributed by atoms with van der Waals surface area (Å²) in [4.78, 5) is 12.6. The Morgan fingerprint density at radius 1 is 1.08 bits per heavy atom. The molecule has 0 unspecified atom stereocenters. The summed E-state index contributed by atoms with van der Waals surface area (Å²) >= 11 is 0. The molecule has 1 N–H and O–H groups in total. The van der Waals surface area contributed by atoms with Crippen LogP contribution in [0.2, 0.25) is 0 Å². The number of rotatable bonds is 4. The Morgan fingerprint density at radius 3 is 2.48 bits per heavy atom. The van der Waals surface area contributed by atoms with Gasteiger partial charge in [0.1, 0.15) is 13.2 Å². The van der Waals surface area contributed by atoms with Crippen molar-refractivity contribution in [2.75, 3.05) is 19.5 Å². The van der Waals surface area contributed by atoms with Crippen molar-refractivity contribution in [2.24, 2.45) is 0 Å². The highest BCUT2D eigenvalue weighted by molar-refractivity contribution is 7.90. The zero-order valence-corrected chi connectivity index (χ0v) is 14.8. The van der Waals surface area contributed by atoms with Gasteiger partial charge in [0.25, 0.3) is 5.91 Å². The number of hydrogen-bond donors (Lipinski definition) is 1. The highest BCUT2D eigenvalue weighted by Crippen LogP contribution is 2.32. The molecule has 1 amide bonds. The molecule has 3 rings (SSSR count). The normalized spacial score (nSPS) is 14.6. The molecule has 7 heteroatoms. The van der Waals surface area contributed by atoms with Gasteiger partial charge in [-0.15, -0.1) is 0 Å². The third-order valence-electron chi connectivity index (χ3n) is 3.94. The lowest BCUT2D eigenvalue weighted by molar-refractivity contribution is 0.0936. The number of benzene rings is 2. The van der Waals surface area contributed by atoms with Gasteiger partial charge in [0.05, 0.1) is 16.5 Å². The molecule has 0 radical (unpaired) electrons. The lowest BCUT2D eigenvalue weighted by Gasteiger charge is -2.21. The van der Waals surface area contributed by atoms with Crippen molar-refractivity contribution < 1.29 is 22.7 Å². The molecule has 0 bridgehead atoms. The third-order valence-corrected chi connectivity index (χ3v) is 5.10. The van der Waals surface area contributed by atoms with E-state index >= 15 is 0 Å². The van der Waals surface area contributed by atoms with Crippen LogP contribution >= 0.6 is 0 Å². The second kappa shape index (κ2) is 6.76. The third kappa shape index (κ3) is 3.76. The van der Waals surface area contributed by atoms with E-state index in [4.69, 9.17) is 9.47 Å². The number of nitrogens with one attached hydrogen (secondary N) is 1. The molecule has 1 atom stereocenters. The summed E-state index contributed by atoms with van der Waals surface area (Å²) in [6.07, 6.45) is 1.09. The fourth-order valence-electron chi connectivity index (χ4n) is 2.66. The standard InChI is InChI=1S/C18H19NO5S/c1-12(13-7-8-15-16(11-13)24-10-9-23-15)19-18(20)14-5-3-4-6-17(14)25(2,21)22/h3-8,11-12H,9-10H2,1-2H3,(H,19,20)/t12-/m0/s1. The zero-order valence-electron chi connectivity index (χ0n) is 14.0. The summed E-state index contributed by atoms with van der Waals surface area (Å²) in [7, 11) is -3.49. The minimum Gasteiger partial charge on any atom is -0.486 e. The van der Waals surface area contributed by atoms with Crippen LogP contribution in [0.3, 0.4) is 0 Å². The lowest BCUT2D eigenvalue weighted by Crippen LogP contribution is -2.28. The first-order valence-corrected chi connectivity index (χ1v) is 9.75. The second-order valence-corrected chi connectivity index (χ2v) is 7.85. The zero-order chi connectivity index (χ0) is 18.0. The SMILES string of the molecule is C[C@H](NC(=O)c1ccccc1S(C)(=O)=O)c1ccc2c(c1)OCCO2. The summed E-state index contributed by atoms with van der Waals surface area (Å²) in [6.45, 7) is 2.83. The monoisotopic (exact) mass is 361 g/mol. The Balaban J connectivity index is 1.82. The Kier molecular flexibility index (Phi) is 4.67. The minimum absolute atomic E-state index is 0.0156. The highest BCUT2D eigenvalue weighted by Gasteiger charge is 2.21. The average Bonchev–Trinajstić information content (AvgIpc) is 2.60. The predicted octanol–water partition coefficient (Wildman–Crippen LogP) is 2.35. The molecule has 0 aromatic heterocycles. The molecule has 2 aromatic carbocycles. The number of carbonyl (C=O) groups excluding carboxylic acids is 1. The second-order valence-electron chi connectivity index (χ2n) is 5.87. The van der Waals surface area contributed by atoms with Crippen molar-refractivity contribution >= 4 is 15.7 Å². The number of sulfone groups is 1. The van der Waals surface area contributed by atoms with Gasteiger partial charge in [-0.1, -0.05) is 18.2 Å². The number of amides is 1. The Morgan fingerprint density at radius 2 is 1.76 bits per heavy atom. The molecule has 0 aliphatic carbocycles. The first-order valence-electron chi connectivity index (χ1n) is 7.86. The van der Waals surface area contributed by atoms with Gasteiger partial charge in [0.2, 0.25) is 0 Å². The molecule has 0 spiro atoms. The summed E-state index contributed by atoms with van der Waals surface area (Å²) in [6, 6.07) is 11.3. The van der Waals surface area contributed by atoms with Crippen molar-refractivity contribution in [3.05, 3.63) is 53.6 Å². The van der Waals surface area contributed by atoms with Gasteiger partial charge in [-0.25, -0.2) is 8.42 Å². The van der Waals surface area contributed by atoms with Crippen molar-refractivity contribution in [1.29, 1.82) is 0 Å². The smallest absolute Gasteiger partial charge is 0.253 e. The molecule has 0 saturated carbocycles. The van der Waals surface area contributed by atoms with E-state index in [0.717, 1.165) is 11.8 Å². The number of fused-ring (bicyclic) bond motifs is 1. The van der Waals surface area contributed by atoms with Crippen molar-refractivity contribution in [3.63, 3.8) is 0 Å². The van der Waals surface area contributed by atoms with Crippen LogP contribution in [0.25, 0.3) is 0 Å². The first kappa shape index (κ1) is 17.3. The molecule has 2 aromatic rings. The summed E-state index contributed by atoms with van der Waals surface area (Å²) in [5.74, 6) is 0.876. The van der Waals surface area contributed by atoms with Crippen LogP contribution in [0.1, 0.15) is 28.9 Å². The lowest BCUT2D eigenvalue weighted by atomic mass is 10.1. The minimum atomic E-state index is -3.49. The van der Waals surface area contributed by atoms with Crippen LogP contribution in [-0.4, -0.2) is 33.8 Å². The molecule has 132 valence electrons. The Labute approximate surface area is 146 Å². The van der Waals surface area contributed by atoms with E-state index in [9.17, 15) is 13.2 Å². The number of hydrogen-bond acceptors (Lipinski definition) is 5. The van der Waals surface area contributed by atoms with Crippen LogP contribution < -0.4 is 14.8 Å².